The molecule has 8 heteroatoms. The van der Waals surface area contributed by atoms with E-state index in [0.29, 0.717) is 29.8 Å². The number of nitrogens with zero attached hydrogens (tertiary/aromatic N) is 1. The van der Waals surface area contributed by atoms with Crippen LogP contribution in [-0.2, 0) is 20.0 Å². The van der Waals surface area contributed by atoms with E-state index in [0.717, 1.165) is 16.6 Å². The maximum Gasteiger partial charge on any atom is 0.345 e. The highest BCUT2D eigenvalue weighted by Gasteiger charge is 2.22. The van der Waals surface area contributed by atoms with Crippen LogP contribution in [0.25, 0.3) is 22.2 Å². The summed E-state index contributed by atoms with van der Waals surface area (Å²) >= 11 is 0. The Kier molecular flexibility index (Phi) is 5.51. The second-order valence-corrected chi connectivity index (χ2v) is 6.52. The average Bonchev–Trinajstić information content (AvgIpc) is 2.96. The van der Waals surface area contributed by atoms with Crippen molar-refractivity contribution in [3.8, 4) is 17.0 Å². The van der Waals surface area contributed by atoms with Gasteiger partial charge in [-0.3, -0.25) is 4.79 Å². The second kappa shape index (κ2) is 7.85. The quantitative estimate of drug-likeness (QED) is 0.466. The molecule has 7 nitrogen and oxygen atoms in total. The van der Waals surface area contributed by atoms with E-state index < -0.39 is 29.5 Å². The van der Waals surface area contributed by atoms with Crippen LogP contribution in [0.4, 0.5) is 4.39 Å². The van der Waals surface area contributed by atoms with Crippen molar-refractivity contribution in [2.75, 3.05) is 13.2 Å². The number of halogens is 1. The number of aromatic hydroxyl groups is 1. The van der Waals surface area contributed by atoms with Crippen LogP contribution in [0.2, 0.25) is 0 Å². The topological polar surface area (TPSA) is 107 Å². The van der Waals surface area contributed by atoms with Gasteiger partial charge in [-0.1, -0.05) is 13.0 Å². The van der Waals surface area contributed by atoms with E-state index in [1.165, 1.54) is 0 Å². The van der Waals surface area contributed by atoms with Crippen LogP contribution >= 0.6 is 0 Å². The van der Waals surface area contributed by atoms with Gasteiger partial charge in [0.2, 0.25) is 0 Å². The highest BCUT2D eigenvalue weighted by molar-refractivity contribution is 5.92. The highest BCUT2D eigenvalue weighted by Crippen LogP contribution is 2.32. The number of aromatic amines is 1. The third kappa shape index (κ3) is 3.38. The Morgan fingerprint density at radius 1 is 1.32 bits per heavy atom. The Morgan fingerprint density at radius 2 is 2.07 bits per heavy atom. The van der Waals surface area contributed by atoms with Gasteiger partial charge in [0.05, 0.1) is 5.69 Å². The zero-order valence-electron chi connectivity index (χ0n) is 15.7. The third-order valence-electron chi connectivity index (χ3n) is 4.87. The number of alkyl halides is 1. The lowest BCUT2D eigenvalue weighted by Crippen LogP contribution is -2.20. The molecule has 0 atom stereocenters. The minimum absolute atomic E-state index is 0.281. The molecule has 1 aromatic carbocycles. The van der Waals surface area contributed by atoms with Crippen LogP contribution in [-0.4, -0.2) is 39.0 Å². The largest absolute Gasteiger partial charge is 0.506 e. The summed E-state index contributed by atoms with van der Waals surface area (Å²) in [6, 6.07) is 7.55. The number of benzene rings is 1. The molecule has 0 saturated carbocycles. The summed E-state index contributed by atoms with van der Waals surface area (Å²) in [6.07, 6.45) is 0.351. The SMILES string of the molecule is CCc1c(-c2ccc3c(c2)cc(CNCCF)n3C)[nH]c(=O)c(C(=O)O)c1O. The van der Waals surface area contributed by atoms with Crippen LogP contribution in [0.15, 0.2) is 29.1 Å². The lowest BCUT2D eigenvalue weighted by molar-refractivity contribution is 0.0691. The fourth-order valence-corrected chi connectivity index (χ4v) is 3.43. The molecule has 0 saturated heterocycles. The second-order valence-electron chi connectivity index (χ2n) is 6.52. The molecule has 0 aliphatic rings. The number of aromatic carboxylic acids is 1. The lowest BCUT2D eigenvalue weighted by atomic mass is 9.99. The number of hydrogen-bond acceptors (Lipinski definition) is 4. The number of nitrogens with one attached hydrogen (secondary N) is 2. The summed E-state index contributed by atoms with van der Waals surface area (Å²) in [6.45, 7) is 2.15. The first-order valence-corrected chi connectivity index (χ1v) is 8.95. The molecule has 2 heterocycles. The lowest BCUT2D eigenvalue weighted by Gasteiger charge is -2.12. The number of rotatable bonds is 7. The van der Waals surface area contributed by atoms with Crippen molar-refractivity contribution >= 4 is 16.9 Å². The molecule has 148 valence electrons. The molecular formula is C20H22FN3O4. The number of H-pyrrole nitrogens is 1. The molecule has 0 radical (unpaired) electrons. The van der Waals surface area contributed by atoms with Crippen molar-refractivity contribution in [3.05, 3.63) is 51.4 Å². The minimum atomic E-state index is -1.47. The first-order valence-electron chi connectivity index (χ1n) is 8.95. The van der Waals surface area contributed by atoms with Gasteiger partial charge >= 0.3 is 5.97 Å². The fourth-order valence-electron chi connectivity index (χ4n) is 3.43. The molecule has 0 fully saturated rings. The molecule has 0 aliphatic carbocycles. The van der Waals surface area contributed by atoms with E-state index >= 15 is 0 Å². The number of fused-ring (bicyclic) bond motifs is 1. The van der Waals surface area contributed by atoms with Gasteiger partial charge in [-0.15, -0.1) is 0 Å². The Labute approximate surface area is 160 Å². The standard InChI is InChI=1S/C20H22FN3O4/c1-3-14-17(23-19(26)16(18(14)25)20(27)28)11-4-5-15-12(8-11)9-13(24(15)2)10-22-7-6-21/h4-5,8-9,22H,3,6-7,10H2,1-2H3,(H,27,28)(H2,23,25,26). The van der Waals surface area contributed by atoms with Gasteiger partial charge in [-0.25, -0.2) is 9.18 Å². The van der Waals surface area contributed by atoms with E-state index in [9.17, 15) is 24.2 Å². The van der Waals surface area contributed by atoms with Crippen molar-refractivity contribution in [2.45, 2.75) is 19.9 Å². The van der Waals surface area contributed by atoms with Crippen molar-refractivity contribution in [2.24, 2.45) is 7.05 Å². The van der Waals surface area contributed by atoms with Crippen LogP contribution in [0.1, 0.15) is 28.5 Å². The predicted octanol–water partition coefficient (Wildman–Crippen LogP) is 2.56. The van der Waals surface area contributed by atoms with E-state index in [1.54, 1.807) is 6.92 Å². The number of carboxylic acid groups (broad SMARTS) is 1. The molecule has 0 bridgehead atoms. The van der Waals surface area contributed by atoms with Crippen LogP contribution in [0, 0.1) is 0 Å². The van der Waals surface area contributed by atoms with Gasteiger partial charge in [-0.2, -0.15) is 0 Å². The summed E-state index contributed by atoms with van der Waals surface area (Å²) in [7, 11) is 1.92. The summed E-state index contributed by atoms with van der Waals surface area (Å²) in [5, 5.41) is 23.4. The molecule has 0 aliphatic heterocycles. The van der Waals surface area contributed by atoms with E-state index in [2.05, 4.69) is 10.3 Å². The maximum atomic E-state index is 12.3. The zero-order valence-corrected chi connectivity index (χ0v) is 15.7. The number of pyridine rings is 1. The van der Waals surface area contributed by atoms with E-state index in [1.807, 2.05) is 35.9 Å². The van der Waals surface area contributed by atoms with Crippen molar-refractivity contribution in [3.63, 3.8) is 0 Å². The molecule has 0 unspecified atom stereocenters. The molecule has 4 N–H and O–H groups in total. The smallest absolute Gasteiger partial charge is 0.345 e. The molecule has 0 spiro atoms. The maximum absolute atomic E-state index is 12.3. The van der Waals surface area contributed by atoms with Crippen LogP contribution < -0.4 is 10.9 Å². The number of carboxylic acids is 1. The number of hydrogen-bond donors (Lipinski definition) is 4. The highest BCUT2D eigenvalue weighted by atomic mass is 19.1. The summed E-state index contributed by atoms with van der Waals surface area (Å²) in [5.74, 6) is -1.97. The van der Waals surface area contributed by atoms with Gasteiger partial charge in [-0.05, 0) is 30.2 Å². The molecule has 3 aromatic rings. The summed E-state index contributed by atoms with van der Waals surface area (Å²) < 4.78 is 14.3. The molecule has 28 heavy (non-hydrogen) atoms. The summed E-state index contributed by atoms with van der Waals surface area (Å²) in [5.41, 5.74) is 1.89. The first kappa shape index (κ1) is 19.6. The van der Waals surface area contributed by atoms with Crippen LogP contribution in [0.3, 0.4) is 0 Å². The molecular weight excluding hydrogens is 365 g/mol. The fraction of sp³-hybridized carbons (Fsp3) is 0.300. The van der Waals surface area contributed by atoms with Gasteiger partial charge in [0.25, 0.3) is 5.56 Å². The minimum Gasteiger partial charge on any atom is -0.506 e. The monoisotopic (exact) mass is 387 g/mol. The Bertz CT molecular complexity index is 1100. The van der Waals surface area contributed by atoms with Crippen molar-refractivity contribution in [1.29, 1.82) is 0 Å². The Morgan fingerprint density at radius 3 is 2.71 bits per heavy atom. The predicted molar refractivity (Wildman–Crippen MR) is 105 cm³/mol. The molecule has 2 aromatic heterocycles. The average molecular weight is 387 g/mol. The Hall–Kier alpha value is -3.13. The van der Waals surface area contributed by atoms with Crippen LogP contribution in [0.5, 0.6) is 5.75 Å². The third-order valence-corrected chi connectivity index (χ3v) is 4.87. The van der Waals surface area contributed by atoms with Gasteiger partial charge in [0.15, 0.2) is 5.56 Å². The molecule has 0 amide bonds. The Balaban J connectivity index is 2.11. The van der Waals surface area contributed by atoms with E-state index in [4.69, 9.17) is 0 Å². The number of aryl methyl sites for hydroxylation is 1. The molecule has 3 rings (SSSR count). The van der Waals surface area contributed by atoms with Crippen molar-refractivity contribution < 1.29 is 19.4 Å². The van der Waals surface area contributed by atoms with E-state index in [-0.39, 0.29) is 6.54 Å². The number of carbonyl (C=O) groups is 1. The van der Waals surface area contributed by atoms with Crippen molar-refractivity contribution in [1.82, 2.24) is 14.9 Å². The van der Waals surface area contributed by atoms with Gasteiger partial charge in [0.1, 0.15) is 12.4 Å². The normalized spacial score (nSPS) is 11.2. The number of aromatic nitrogens is 2. The summed E-state index contributed by atoms with van der Waals surface area (Å²) in [4.78, 5) is 26.0. The zero-order chi connectivity index (χ0) is 20.4. The van der Waals surface area contributed by atoms with Gasteiger partial charge in [0, 0.05) is 42.3 Å². The first-order chi connectivity index (χ1) is 13.4. The van der Waals surface area contributed by atoms with Gasteiger partial charge < -0.3 is 25.1 Å².